The number of hydrogen-bond acceptors (Lipinski definition) is 11. The Morgan fingerprint density at radius 1 is 0.673 bits per heavy atom. The van der Waals surface area contributed by atoms with Crippen molar-refractivity contribution in [3.63, 3.8) is 0 Å². The first-order valence-corrected chi connectivity index (χ1v) is 20.1. The molecule has 1 aliphatic heterocycles. The molecule has 13 heteroatoms. The van der Waals surface area contributed by atoms with Crippen LogP contribution in [0.2, 0.25) is 0 Å². The van der Waals surface area contributed by atoms with Gasteiger partial charge in [0.1, 0.15) is 36.8 Å². The third kappa shape index (κ3) is 24.4. The standard InChI is InChI=1S/C39H62O12S/c1-3-5-7-9-11-13-15-16-18-20-22-24-26-28-35(41)50-32(29-48-34(40)27-25-23-21-19-17-14-12-10-8-6-4-2)30-49-39-38(44)37(43)36(42)33(51-39)31-52(45,46)47/h5-9,11-15,19,21,32-33,36-39,42-44H,3-4,10,16-18,20,22-31H2,1-2H3,(H,45,46,47)/b7-5+,8-6+,11-9+,14-12+,15-13+,21-19+/t32?,33-,36-,37?,38?,39+/m1/s1. The summed E-state index contributed by atoms with van der Waals surface area (Å²) in [5, 5.41) is 30.7. The number of hydrogen-bond donors (Lipinski definition) is 4. The molecule has 0 saturated carbocycles. The Morgan fingerprint density at radius 2 is 1.27 bits per heavy atom. The van der Waals surface area contributed by atoms with Gasteiger partial charge in [0.2, 0.25) is 0 Å². The Morgan fingerprint density at radius 3 is 1.96 bits per heavy atom. The maximum absolute atomic E-state index is 12.7. The zero-order chi connectivity index (χ0) is 38.5. The molecular formula is C39H62O12S. The van der Waals surface area contributed by atoms with Crippen molar-refractivity contribution in [2.75, 3.05) is 19.0 Å². The molecule has 0 amide bonds. The van der Waals surface area contributed by atoms with Gasteiger partial charge in [-0.3, -0.25) is 14.1 Å². The average Bonchev–Trinajstić information content (AvgIpc) is 3.10. The molecule has 1 rings (SSSR count). The quantitative estimate of drug-likeness (QED) is 0.0241. The number of rotatable bonds is 28. The first kappa shape index (κ1) is 47.1. The molecular weight excluding hydrogens is 692 g/mol. The second kappa shape index (κ2) is 29.5. The molecule has 0 aromatic carbocycles. The zero-order valence-electron chi connectivity index (χ0n) is 30.9. The molecule has 6 atom stereocenters. The average molecular weight is 755 g/mol. The largest absolute Gasteiger partial charge is 0.462 e. The van der Waals surface area contributed by atoms with Crippen LogP contribution in [0, 0.1) is 0 Å². The molecule has 1 fully saturated rings. The molecule has 0 aromatic rings. The van der Waals surface area contributed by atoms with E-state index < -0.39 is 71.2 Å². The predicted octanol–water partition coefficient (Wildman–Crippen LogP) is 5.99. The van der Waals surface area contributed by atoms with Crippen LogP contribution in [0.4, 0.5) is 0 Å². The highest BCUT2D eigenvalue weighted by molar-refractivity contribution is 7.85. The fourth-order valence-corrected chi connectivity index (χ4v) is 5.68. The SMILES string of the molecule is CC/C=C/C=C/C=C/CCCCCCCC(=O)OC(COC(=O)CCC/C=C/C/C=C/C/C=C/CC)CO[C@H]1O[C@H](CS(=O)(=O)O)[C@@H](O)C(O)C1O. The van der Waals surface area contributed by atoms with Crippen molar-refractivity contribution < 1.29 is 56.8 Å². The minimum Gasteiger partial charge on any atom is -0.462 e. The predicted molar refractivity (Wildman–Crippen MR) is 201 cm³/mol. The van der Waals surface area contributed by atoms with Gasteiger partial charge in [0, 0.05) is 12.8 Å². The van der Waals surface area contributed by atoms with E-state index in [0.717, 1.165) is 57.8 Å². The fourth-order valence-electron chi connectivity index (χ4n) is 4.99. The number of carbonyl (C=O) groups is 2. The van der Waals surface area contributed by atoms with Gasteiger partial charge < -0.3 is 34.3 Å². The Balaban J connectivity index is 2.60. The second-order valence-corrected chi connectivity index (χ2v) is 14.0. The highest BCUT2D eigenvalue weighted by atomic mass is 32.2. The topological polar surface area (TPSA) is 186 Å². The summed E-state index contributed by atoms with van der Waals surface area (Å²) in [5.41, 5.74) is 0. The maximum Gasteiger partial charge on any atom is 0.306 e. The summed E-state index contributed by atoms with van der Waals surface area (Å²) < 4.78 is 53.7. The molecule has 296 valence electrons. The van der Waals surface area contributed by atoms with Crippen LogP contribution in [0.25, 0.3) is 0 Å². The molecule has 3 unspecified atom stereocenters. The van der Waals surface area contributed by atoms with Gasteiger partial charge in [0.05, 0.1) is 6.61 Å². The third-order valence-corrected chi connectivity index (χ3v) is 8.59. The van der Waals surface area contributed by atoms with Gasteiger partial charge in [-0.1, -0.05) is 106 Å². The monoisotopic (exact) mass is 754 g/mol. The first-order valence-electron chi connectivity index (χ1n) is 18.5. The lowest BCUT2D eigenvalue weighted by atomic mass is 10.00. The molecule has 52 heavy (non-hydrogen) atoms. The van der Waals surface area contributed by atoms with E-state index in [4.69, 9.17) is 18.9 Å². The summed E-state index contributed by atoms with van der Waals surface area (Å²) in [6.07, 6.45) is 25.6. The summed E-state index contributed by atoms with van der Waals surface area (Å²) in [5.74, 6) is -2.10. The van der Waals surface area contributed by atoms with Crippen molar-refractivity contribution in [3.05, 3.63) is 72.9 Å². The number of unbranched alkanes of at least 4 members (excludes halogenated alkanes) is 6. The van der Waals surface area contributed by atoms with Crippen molar-refractivity contribution in [1.29, 1.82) is 0 Å². The van der Waals surface area contributed by atoms with E-state index in [2.05, 4.69) is 50.3 Å². The summed E-state index contributed by atoms with van der Waals surface area (Å²) in [6.45, 7) is 3.39. The van der Waals surface area contributed by atoms with Crippen molar-refractivity contribution in [3.8, 4) is 0 Å². The van der Waals surface area contributed by atoms with E-state index >= 15 is 0 Å². The van der Waals surface area contributed by atoms with Gasteiger partial charge in [-0.15, -0.1) is 0 Å². The van der Waals surface area contributed by atoms with Crippen LogP contribution in [0.5, 0.6) is 0 Å². The number of allylic oxidation sites excluding steroid dienone is 12. The van der Waals surface area contributed by atoms with E-state index in [1.165, 1.54) is 0 Å². The fraction of sp³-hybridized carbons (Fsp3) is 0.641. The van der Waals surface area contributed by atoms with Crippen LogP contribution in [0.3, 0.4) is 0 Å². The molecule has 0 aliphatic carbocycles. The van der Waals surface area contributed by atoms with Crippen LogP contribution in [-0.4, -0.2) is 96.0 Å². The van der Waals surface area contributed by atoms with Gasteiger partial charge in [-0.2, -0.15) is 8.42 Å². The molecule has 0 bridgehead atoms. The van der Waals surface area contributed by atoms with Crippen LogP contribution >= 0.6 is 0 Å². The van der Waals surface area contributed by atoms with Crippen molar-refractivity contribution in [1.82, 2.24) is 0 Å². The molecule has 0 aromatic heterocycles. The minimum atomic E-state index is -4.61. The Kier molecular flexibility index (Phi) is 26.8. The molecule has 1 heterocycles. The number of esters is 2. The normalized spacial score (nSPS) is 22.2. The molecule has 0 spiro atoms. The summed E-state index contributed by atoms with van der Waals surface area (Å²) >= 11 is 0. The van der Waals surface area contributed by atoms with Crippen LogP contribution in [0.15, 0.2) is 72.9 Å². The number of aliphatic hydroxyl groups excluding tert-OH is 3. The van der Waals surface area contributed by atoms with Gasteiger partial charge in [-0.05, 0) is 57.8 Å². The lowest BCUT2D eigenvalue weighted by Crippen LogP contribution is -2.60. The Bertz CT molecular complexity index is 1250. The molecule has 12 nitrogen and oxygen atoms in total. The van der Waals surface area contributed by atoms with Crippen molar-refractivity contribution in [2.45, 2.75) is 141 Å². The summed E-state index contributed by atoms with van der Waals surface area (Å²) in [4.78, 5) is 25.2. The Hall–Kier alpha value is -2.91. The Labute approximate surface area is 310 Å². The van der Waals surface area contributed by atoms with E-state index in [1.54, 1.807) is 0 Å². The van der Waals surface area contributed by atoms with E-state index in [0.29, 0.717) is 19.3 Å². The zero-order valence-corrected chi connectivity index (χ0v) is 31.7. The second-order valence-electron chi connectivity index (χ2n) is 12.5. The van der Waals surface area contributed by atoms with Gasteiger partial charge in [0.25, 0.3) is 10.1 Å². The summed E-state index contributed by atoms with van der Waals surface area (Å²) in [6, 6.07) is 0. The van der Waals surface area contributed by atoms with E-state index in [1.807, 2.05) is 36.5 Å². The summed E-state index contributed by atoms with van der Waals surface area (Å²) in [7, 11) is -4.61. The highest BCUT2D eigenvalue weighted by Gasteiger charge is 2.46. The highest BCUT2D eigenvalue weighted by Crippen LogP contribution is 2.23. The van der Waals surface area contributed by atoms with Crippen molar-refractivity contribution >= 4 is 22.1 Å². The van der Waals surface area contributed by atoms with Crippen LogP contribution < -0.4 is 0 Å². The number of aliphatic hydroxyl groups is 3. The molecule has 1 aliphatic rings. The number of carbonyl (C=O) groups excluding carboxylic acids is 2. The first-order chi connectivity index (χ1) is 25.0. The van der Waals surface area contributed by atoms with Crippen molar-refractivity contribution in [2.24, 2.45) is 0 Å². The molecule has 1 saturated heterocycles. The van der Waals surface area contributed by atoms with E-state index in [9.17, 15) is 37.9 Å². The van der Waals surface area contributed by atoms with E-state index in [-0.39, 0.29) is 19.4 Å². The minimum absolute atomic E-state index is 0.126. The lowest BCUT2D eigenvalue weighted by Gasteiger charge is -2.40. The number of ether oxygens (including phenoxy) is 4. The van der Waals surface area contributed by atoms with Gasteiger partial charge in [-0.25, -0.2) is 0 Å². The third-order valence-electron chi connectivity index (χ3n) is 7.84. The van der Waals surface area contributed by atoms with Crippen LogP contribution in [0.1, 0.15) is 104 Å². The lowest BCUT2D eigenvalue weighted by molar-refractivity contribution is -0.297. The maximum atomic E-state index is 12.7. The van der Waals surface area contributed by atoms with Gasteiger partial charge in [0.15, 0.2) is 12.4 Å². The van der Waals surface area contributed by atoms with Gasteiger partial charge >= 0.3 is 11.9 Å². The molecule has 0 radical (unpaired) electrons. The molecule has 4 N–H and O–H groups in total. The van der Waals surface area contributed by atoms with Crippen LogP contribution in [-0.2, 0) is 38.7 Å². The smallest absolute Gasteiger partial charge is 0.306 e.